The monoisotopic (exact) mass is 401 g/mol. The van der Waals surface area contributed by atoms with E-state index >= 15 is 0 Å². The fourth-order valence-corrected chi connectivity index (χ4v) is 3.96. The van der Waals surface area contributed by atoms with Gasteiger partial charge in [0.1, 0.15) is 0 Å². The van der Waals surface area contributed by atoms with E-state index in [0.717, 1.165) is 65.3 Å². The van der Waals surface area contributed by atoms with Gasteiger partial charge in [-0.05, 0) is 31.0 Å². The Bertz CT molecular complexity index is 680. The van der Waals surface area contributed by atoms with E-state index in [-0.39, 0.29) is 11.8 Å². The van der Waals surface area contributed by atoms with E-state index in [1.807, 2.05) is 4.90 Å². The van der Waals surface area contributed by atoms with Gasteiger partial charge in [-0.15, -0.1) is 0 Å². The van der Waals surface area contributed by atoms with E-state index in [4.69, 9.17) is 0 Å². The SMILES string of the molecule is CCCNC(=O)CN1CCN(CC(=O)N2CCN(c3cccc(C)c3)CC2)CC1. The third kappa shape index (κ3) is 6.44. The third-order valence-electron chi connectivity index (χ3n) is 5.76. The maximum Gasteiger partial charge on any atom is 0.236 e. The zero-order valence-corrected chi connectivity index (χ0v) is 17.9. The topological polar surface area (TPSA) is 59.1 Å². The van der Waals surface area contributed by atoms with Crippen LogP contribution in [0.5, 0.6) is 0 Å². The number of nitrogens with zero attached hydrogens (tertiary/aromatic N) is 4. The molecule has 1 aromatic rings. The van der Waals surface area contributed by atoms with Crippen LogP contribution in [0, 0.1) is 6.92 Å². The molecule has 3 rings (SSSR count). The molecule has 7 nitrogen and oxygen atoms in total. The van der Waals surface area contributed by atoms with Gasteiger partial charge in [-0.3, -0.25) is 19.4 Å². The number of nitrogens with one attached hydrogen (secondary N) is 1. The second kappa shape index (κ2) is 10.6. The number of anilines is 1. The standard InChI is InChI=1S/C22H35N5O2/c1-3-7-23-21(28)17-24-8-10-25(11-9-24)18-22(29)27-14-12-26(13-15-27)20-6-4-5-19(2)16-20/h4-6,16H,3,7-15,17-18H2,1-2H3,(H,23,28). The van der Waals surface area contributed by atoms with E-state index in [9.17, 15) is 9.59 Å². The Balaban J connectivity index is 1.37. The molecule has 2 amide bonds. The fourth-order valence-electron chi connectivity index (χ4n) is 3.96. The first-order valence-corrected chi connectivity index (χ1v) is 10.9. The van der Waals surface area contributed by atoms with E-state index in [2.05, 4.69) is 58.1 Å². The van der Waals surface area contributed by atoms with Crippen LogP contribution in [0.25, 0.3) is 0 Å². The van der Waals surface area contributed by atoms with Crippen molar-refractivity contribution < 1.29 is 9.59 Å². The van der Waals surface area contributed by atoms with Crippen LogP contribution in [0.1, 0.15) is 18.9 Å². The van der Waals surface area contributed by atoms with Crippen molar-refractivity contribution >= 4 is 17.5 Å². The molecule has 2 fully saturated rings. The zero-order chi connectivity index (χ0) is 20.6. The second-order valence-corrected chi connectivity index (χ2v) is 8.11. The molecule has 2 aliphatic heterocycles. The molecule has 160 valence electrons. The number of aryl methyl sites for hydroxylation is 1. The molecule has 2 saturated heterocycles. The molecule has 0 spiro atoms. The first-order chi connectivity index (χ1) is 14.0. The second-order valence-electron chi connectivity index (χ2n) is 8.11. The van der Waals surface area contributed by atoms with E-state index in [1.54, 1.807) is 0 Å². The lowest BCUT2D eigenvalue weighted by Crippen LogP contribution is -2.54. The van der Waals surface area contributed by atoms with Crippen molar-refractivity contribution in [3.8, 4) is 0 Å². The molecule has 7 heteroatoms. The molecule has 29 heavy (non-hydrogen) atoms. The van der Waals surface area contributed by atoms with Gasteiger partial charge in [0.05, 0.1) is 13.1 Å². The number of piperazine rings is 2. The van der Waals surface area contributed by atoms with Gasteiger partial charge >= 0.3 is 0 Å². The number of hydrogen-bond acceptors (Lipinski definition) is 5. The highest BCUT2D eigenvalue weighted by molar-refractivity contribution is 5.79. The van der Waals surface area contributed by atoms with Gasteiger partial charge in [0.25, 0.3) is 0 Å². The average molecular weight is 402 g/mol. The van der Waals surface area contributed by atoms with E-state index in [1.165, 1.54) is 11.3 Å². The van der Waals surface area contributed by atoms with Gasteiger partial charge in [0, 0.05) is 64.6 Å². The van der Waals surface area contributed by atoms with Crippen LogP contribution in [0.3, 0.4) is 0 Å². The first kappa shape index (κ1) is 21.6. The normalized spacial score (nSPS) is 18.7. The smallest absolute Gasteiger partial charge is 0.236 e. The first-order valence-electron chi connectivity index (χ1n) is 10.9. The molecule has 0 aliphatic carbocycles. The lowest BCUT2D eigenvalue weighted by Gasteiger charge is -2.38. The summed E-state index contributed by atoms with van der Waals surface area (Å²) in [5, 5.41) is 2.93. The Morgan fingerprint density at radius 3 is 2.21 bits per heavy atom. The number of amides is 2. The number of hydrogen-bond donors (Lipinski definition) is 1. The van der Waals surface area contributed by atoms with Crippen LogP contribution in [-0.4, -0.2) is 98.5 Å². The maximum atomic E-state index is 12.7. The van der Waals surface area contributed by atoms with E-state index < -0.39 is 0 Å². The quantitative estimate of drug-likeness (QED) is 0.732. The van der Waals surface area contributed by atoms with Gasteiger partial charge in [-0.25, -0.2) is 0 Å². The minimum Gasteiger partial charge on any atom is -0.368 e. The summed E-state index contributed by atoms with van der Waals surface area (Å²) in [6.45, 7) is 12.6. The predicted molar refractivity (Wildman–Crippen MR) is 116 cm³/mol. The molecule has 0 bridgehead atoms. The van der Waals surface area contributed by atoms with Crippen LogP contribution >= 0.6 is 0 Å². The minimum atomic E-state index is 0.0999. The lowest BCUT2D eigenvalue weighted by atomic mass is 10.2. The maximum absolute atomic E-state index is 12.7. The van der Waals surface area contributed by atoms with Crippen LogP contribution in [0.4, 0.5) is 5.69 Å². The Hall–Kier alpha value is -2.12. The molecule has 0 aromatic heterocycles. The van der Waals surface area contributed by atoms with Gasteiger partial charge in [-0.1, -0.05) is 19.1 Å². The summed E-state index contributed by atoms with van der Waals surface area (Å²) in [6.07, 6.45) is 0.959. The minimum absolute atomic E-state index is 0.0999. The van der Waals surface area contributed by atoms with Gasteiger partial charge in [0.15, 0.2) is 0 Å². The molecule has 0 radical (unpaired) electrons. The fraction of sp³-hybridized carbons (Fsp3) is 0.636. The van der Waals surface area contributed by atoms with Gasteiger partial charge in [-0.2, -0.15) is 0 Å². The van der Waals surface area contributed by atoms with Crippen molar-refractivity contribution in [1.29, 1.82) is 0 Å². The van der Waals surface area contributed by atoms with Gasteiger partial charge in [0.2, 0.25) is 11.8 Å². The lowest BCUT2D eigenvalue weighted by molar-refractivity contribution is -0.133. The van der Waals surface area contributed by atoms with Crippen LogP contribution in [-0.2, 0) is 9.59 Å². The largest absolute Gasteiger partial charge is 0.368 e. The number of carbonyl (C=O) groups is 2. The van der Waals surface area contributed by atoms with E-state index in [0.29, 0.717) is 13.1 Å². The predicted octanol–water partition coefficient (Wildman–Crippen LogP) is 0.787. The van der Waals surface area contributed by atoms with Crippen LogP contribution < -0.4 is 10.2 Å². The summed E-state index contributed by atoms with van der Waals surface area (Å²) in [6, 6.07) is 8.56. The number of carbonyl (C=O) groups excluding carboxylic acids is 2. The Labute approximate surface area is 174 Å². The molecular weight excluding hydrogens is 366 g/mol. The molecule has 0 atom stereocenters. The van der Waals surface area contributed by atoms with Crippen LogP contribution in [0.2, 0.25) is 0 Å². The van der Waals surface area contributed by atoms with Crippen molar-refractivity contribution in [2.45, 2.75) is 20.3 Å². The Kier molecular flexibility index (Phi) is 7.89. The molecule has 2 aliphatic rings. The average Bonchev–Trinajstić information content (AvgIpc) is 2.74. The van der Waals surface area contributed by atoms with Crippen molar-refractivity contribution in [3.05, 3.63) is 29.8 Å². The highest BCUT2D eigenvalue weighted by Gasteiger charge is 2.25. The van der Waals surface area contributed by atoms with Crippen molar-refractivity contribution in [2.24, 2.45) is 0 Å². The number of benzene rings is 1. The molecule has 0 unspecified atom stereocenters. The van der Waals surface area contributed by atoms with Gasteiger partial charge < -0.3 is 15.1 Å². The molecule has 1 aromatic carbocycles. The summed E-state index contributed by atoms with van der Waals surface area (Å²) in [5.41, 5.74) is 2.51. The van der Waals surface area contributed by atoms with Crippen molar-refractivity contribution in [3.63, 3.8) is 0 Å². The summed E-state index contributed by atoms with van der Waals surface area (Å²) in [5.74, 6) is 0.325. The highest BCUT2D eigenvalue weighted by atomic mass is 16.2. The molecule has 0 saturated carbocycles. The van der Waals surface area contributed by atoms with Crippen molar-refractivity contribution in [2.75, 3.05) is 76.9 Å². The Morgan fingerprint density at radius 1 is 0.931 bits per heavy atom. The summed E-state index contributed by atoms with van der Waals surface area (Å²) >= 11 is 0. The molecule has 2 heterocycles. The number of rotatable bonds is 7. The molecule has 1 N–H and O–H groups in total. The third-order valence-corrected chi connectivity index (χ3v) is 5.76. The zero-order valence-electron chi connectivity index (χ0n) is 17.9. The summed E-state index contributed by atoms with van der Waals surface area (Å²) in [7, 11) is 0. The Morgan fingerprint density at radius 2 is 1.59 bits per heavy atom. The highest BCUT2D eigenvalue weighted by Crippen LogP contribution is 2.18. The summed E-state index contributed by atoms with van der Waals surface area (Å²) < 4.78 is 0. The van der Waals surface area contributed by atoms with Crippen LogP contribution in [0.15, 0.2) is 24.3 Å². The van der Waals surface area contributed by atoms with Crippen molar-refractivity contribution in [1.82, 2.24) is 20.0 Å². The summed E-state index contributed by atoms with van der Waals surface area (Å²) in [4.78, 5) is 33.3. The molecular formula is C22H35N5O2.